The number of primary amides is 1. The fourth-order valence-electron chi connectivity index (χ4n) is 4.83. The summed E-state index contributed by atoms with van der Waals surface area (Å²) in [4.78, 5) is 30.4. The Labute approximate surface area is 239 Å². The van der Waals surface area contributed by atoms with Crippen molar-refractivity contribution in [2.75, 3.05) is 13.1 Å². The largest absolute Gasteiger partial charge is 0.416 e. The van der Waals surface area contributed by atoms with E-state index >= 15 is 0 Å². The summed E-state index contributed by atoms with van der Waals surface area (Å²) >= 11 is 1.22. The van der Waals surface area contributed by atoms with Crippen molar-refractivity contribution in [1.29, 1.82) is 0 Å². The predicted molar refractivity (Wildman–Crippen MR) is 145 cm³/mol. The molecule has 3 N–H and O–H groups in total. The maximum absolute atomic E-state index is 13.6. The van der Waals surface area contributed by atoms with Gasteiger partial charge in [-0.2, -0.15) is 36.4 Å². The van der Waals surface area contributed by atoms with Gasteiger partial charge in [0.25, 0.3) is 5.91 Å². The molecule has 0 aliphatic carbocycles. The third kappa shape index (κ3) is 6.31. The Balaban J connectivity index is 1.31. The van der Waals surface area contributed by atoms with Gasteiger partial charge in [0.15, 0.2) is 5.17 Å². The Morgan fingerprint density at radius 3 is 2.62 bits per heavy atom. The fourth-order valence-corrected chi connectivity index (χ4v) is 5.78. The quantitative estimate of drug-likeness (QED) is 0.312. The Kier molecular flexibility index (Phi) is 7.83. The number of hydrogen-bond acceptors (Lipinski definition) is 6. The van der Waals surface area contributed by atoms with E-state index in [0.717, 1.165) is 12.5 Å². The van der Waals surface area contributed by atoms with Crippen molar-refractivity contribution in [3.05, 3.63) is 69.8 Å². The zero-order valence-corrected chi connectivity index (χ0v) is 22.8. The molecule has 222 valence electrons. The van der Waals surface area contributed by atoms with E-state index in [2.05, 4.69) is 15.4 Å². The number of benzene rings is 2. The first-order valence-electron chi connectivity index (χ1n) is 12.7. The highest BCUT2D eigenvalue weighted by Gasteiger charge is 2.38. The second-order valence-corrected chi connectivity index (χ2v) is 11.0. The van der Waals surface area contributed by atoms with Crippen LogP contribution in [-0.2, 0) is 28.5 Å². The highest BCUT2D eigenvalue weighted by molar-refractivity contribution is 8.18. The number of halogens is 6. The molecule has 15 heteroatoms. The van der Waals surface area contributed by atoms with E-state index < -0.39 is 47.9 Å². The van der Waals surface area contributed by atoms with Gasteiger partial charge in [-0.15, -0.1) is 0 Å². The number of thioether (sulfide) groups is 1. The fraction of sp³-hybridized carbons (Fsp3) is 0.333. The van der Waals surface area contributed by atoms with Gasteiger partial charge in [-0.25, -0.2) is 0 Å². The minimum Gasteiger partial charge on any atom is -0.368 e. The standard InChI is InChI=1S/C27H24F6N6O2S/c1-14(23(34)40)36-19-6-7-38(13-19)25-37-24(41)22(42-25)9-15-2-5-21-17(8-15)11-35-39(21)12-16-3-4-18(26(28,29)30)10-20(16)27(31,32)33/h2-5,8-11,14,19,36H,6-7,12-13H2,1H3,(H2,34,40)/b22-9-. The summed E-state index contributed by atoms with van der Waals surface area (Å²) in [5.74, 6) is -0.857. The van der Waals surface area contributed by atoms with Crippen LogP contribution >= 0.6 is 11.8 Å². The summed E-state index contributed by atoms with van der Waals surface area (Å²) in [5, 5.41) is 8.42. The number of amidine groups is 1. The van der Waals surface area contributed by atoms with Gasteiger partial charge < -0.3 is 16.0 Å². The molecule has 3 aromatic rings. The highest BCUT2D eigenvalue weighted by Crippen LogP contribution is 2.38. The number of rotatable bonds is 6. The number of fused-ring (bicyclic) bond motifs is 1. The van der Waals surface area contributed by atoms with Gasteiger partial charge in [0.05, 0.1) is 40.3 Å². The summed E-state index contributed by atoms with van der Waals surface area (Å²) in [5.41, 5.74) is 3.30. The van der Waals surface area contributed by atoms with Gasteiger partial charge in [0.1, 0.15) is 0 Å². The second-order valence-electron chi connectivity index (χ2n) is 10.0. The number of carbonyl (C=O) groups is 2. The molecule has 0 saturated carbocycles. The lowest BCUT2D eigenvalue weighted by molar-refractivity contribution is -0.143. The average Bonchev–Trinajstić information content (AvgIpc) is 3.62. The Bertz CT molecular complexity index is 1610. The van der Waals surface area contributed by atoms with Gasteiger partial charge in [0.2, 0.25) is 5.91 Å². The van der Waals surface area contributed by atoms with E-state index in [0.29, 0.717) is 45.7 Å². The van der Waals surface area contributed by atoms with Crippen molar-refractivity contribution >= 4 is 45.7 Å². The number of alkyl halides is 6. The van der Waals surface area contributed by atoms with Crippen molar-refractivity contribution in [3.63, 3.8) is 0 Å². The minimum absolute atomic E-state index is 0.0210. The lowest BCUT2D eigenvalue weighted by atomic mass is 10.0. The van der Waals surface area contributed by atoms with Crippen LogP contribution in [0.1, 0.15) is 35.6 Å². The van der Waals surface area contributed by atoms with Crippen molar-refractivity contribution in [1.82, 2.24) is 20.0 Å². The summed E-state index contributed by atoms with van der Waals surface area (Å²) in [6, 6.07) is 6.07. The molecule has 2 aliphatic rings. The number of likely N-dealkylation sites (tertiary alicyclic amines) is 1. The molecule has 0 radical (unpaired) electrons. The number of nitrogens with one attached hydrogen (secondary N) is 1. The molecule has 2 atom stereocenters. The molecule has 1 fully saturated rings. The molecule has 0 spiro atoms. The van der Waals surface area contributed by atoms with Crippen LogP contribution in [0.4, 0.5) is 26.3 Å². The number of aromatic nitrogens is 2. The highest BCUT2D eigenvalue weighted by atomic mass is 32.2. The third-order valence-corrected chi connectivity index (χ3v) is 8.05. The van der Waals surface area contributed by atoms with E-state index in [9.17, 15) is 35.9 Å². The SMILES string of the molecule is CC(NC1CCN(C2=NC(=O)/C(=C/c3ccc4c(cnn4Cc4ccc(C(F)(F)F)cc4C(F)(F)F)c3)S2)C1)C(N)=O. The van der Waals surface area contributed by atoms with Gasteiger partial charge in [-0.3, -0.25) is 14.3 Å². The minimum atomic E-state index is -4.99. The smallest absolute Gasteiger partial charge is 0.368 e. The first-order valence-corrected chi connectivity index (χ1v) is 13.6. The number of aliphatic imine (C=N–C) groups is 1. The van der Waals surface area contributed by atoms with Gasteiger partial charge >= 0.3 is 12.4 Å². The number of hydrogen-bond donors (Lipinski definition) is 2. The molecule has 2 amide bonds. The molecule has 0 bridgehead atoms. The monoisotopic (exact) mass is 610 g/mol. The average molecular weight is 611 g/mol. The van der Waals surface area contributed by atoms with Crippen molar-refractivity contribution in [2.45, 2.75) is 44.3 Å². The maximum atomic E-state index is 13.6. The molecular weight excluding hydrogens is 586 g/mol. The Hall–Kier alpha value is -3.85. The van der Waals surface area contributed by atoms with Crippen LogP contribution in [0.2, 0.25) is 0 Å². The van der Waals surface area contributed by atoms with Crippen LogP contribution in [-0.4, -0.2) is 56.8 Å². The van der Waals surface area contributed by atoms with E-state index in [4.69, 9.17) is 5.73 Å². The van der Waals surface area contributed by atoms with Crippen LogP contribution < -0.4 is 11.1 Å². The first-order chi connectivity index (χ1) is 19.7. The maximum Gasteiger partial charge on any atom is 0.416 e. The normalized spacial score (nSPS) is 19.6. The summed E-state index contributed by atoms with van der Waals surface area (Å²) < 4.78 is 81.1. The zero-order valence-electron chi connectivity index (χ0n) is 22.0. The summed E-state index contributed by atoms with van der Waals surface area (Å²) in [7, 11) is 0. The molecule has 8 nitrogen and oxygen atoms in total. The van der Waals surface area contributed by atoms with Crippen LogP contribution in [0.15, 0.2) is 52.5 Å². The topological polar surface area (TPSA) is 106 Å². The zero-order chi connectivity index (χ0) is 30.4. The Morgan fingerprint density at radius 1 is 1.17 bits per heavy atom. The van der Waals surface area contributed by atoms with E-state index in [1.165, 1.54) is 22.6 Å². The molecule has 2 aromatic carbocycles. The van der Waals surface area contributed by atoms with Crippen molar-refractivity contribution in [2.24, 2.45) is 10.7 Å². The van der Waals surface area contributed by atoms with E-state index in [-0.39, 0.29) is 17.7 Å². The van der Waals surface area contributed by atoms with Crippen LogP contribution in [0.25, 0.3) is 17.0 Å². The first kappa shape index (κ1) is 29.6. The molecular formula is C27H24F6N6O2S. The number of nitrogens with zero attached hydrogens (tertiary/aromatic N) is 4. The third-order valence-electron chi connectivity index (χ3n) is 7.01. The molecule has 1 aromatic heterocycles. The number of amides is 2. The molecule has 3 heterocycles. The van der Waals surface area contributed by atoms with Gasteiger partial charge in [-0.1, -0.05) is 12.1 Å². The van der Waals surface area contributed by atoms with Crippen molar-refractivity contribution < 1.29 is 35.9 Å². The Morgan fingerprint density at radius 2 is 1.93 bits per heavy atom. The number of nitrogens with two attached hydrogens (primary N) is 1. The molecule has 42 heavy (non-hydrogen) atoms. The molecule has 2 aliphatic heterocycles. The van der Waals surface area contributed by atoms with Crippen LogP contribution in [0.5, 0.6) is 0 Å². The molecule has 1 saturated heterocycles. The lowest BCUT2D eigenvalue weighted by Gasteiger charge is -2.19. The molecule has 5 rings (SSSR count). The van der Waals surface area contributed by atoms with Crippen LogP contribution in [0.3, 0.4) is 0 Å². The van der Waals surface area contributed by atoms with E-state index in [1.54, 1.807) is 31.2 Å². The second kappa shape index (κ2) is 11.1. The summed E-state index contributed by atoms with van der Waals surface area (Å²) in [6.07, 6.45) is -6.06. The number of carbonyl (C=O) groups excluding carboxylic acids is 2. The van der Waals surface area contributed by atoms with Gasteiger partial charge in [-0.05, 0) is 66.6 Å². The molecule has 2 unspecified atom stereocenters. The lowest BCUT2D eigenvalue weighted by Crippen LogP contribution is -2.45. The predicted octanol–water partition coefficient (Wildman–Crippen LogP) is 4.63. The van der Waals surface area contributed by atoms with Crippen LogP contribution in [0, 0.1) is 0 Å². The van der Waals surface area contributed by atoms with E-state index in [1.807, 2.05) is 4.90 Å². The van der Waals surface area contributed by atoms with Crippen molar-refractivity contribution in [3.8, 4) is 0 Å². The van der Waals surface area contributed by atoms with Gasteiger partial charge in [0, 0.05) is 24.5 Å². The summed E-state index contributed by atoms with van der Waals surface area (Å²) in [6.45, 7) is 2.50.